The zero-order valence-corrected chi connectivity index (χ0v) is 10.1. The second-order valence-electron chi connectivity index (χ2n) is 3.37. The van der Waals surface area contributed by atoms with Crippen LogP contribution in [0.4, 0.5) is 0 Å². The molecule has 0 atom stereocenters. The topological polar surface area (TPSA) is 58.5 Å². The Morgan fingerprint density at radius 1 is 1.38 bits per heavy atom. The second-order valence-corrected chi connectivity index (χ2v) is 5.03. The molecule has 0 unspecified atom stereocenters. The van der Waals surface area contributed by atoms with Crippen LogP contribution in [-0.2, 0) is 10.0 Å². The van der Waals surface area contributed by atoms with E-state index in [0.717, 1.165) is 5.56 Å². The smallest absolute Gasteiger partial charge is 0.200 e. The third kappa shape index (κ3) is 3.20. The fourth-order valence-electron chi connectivity index (χ4n) is 0.948. The molecule has 0 aliphatic rings. The maximum absolute atomic E-state index is 11.7. The Balaban J connectivity index is 2.95. The predicted octanol–water partition coefficient (Wildman–Crippen LogP) is 1.84. The van der Waals surface area contributed by atoms with E-state index >= 15 is 0 Å². The number of sulfonamides is 1. The summed E-state index contributed by atoms with van der Waals surface area (Å²) in [6.07, 6.45) is 1.47. The van der Waals surface area contributed by atoms with Crippen molar-refractivity contribution in [1.29, 1.82) is 0 Å². The third-order valence-electron chi connectivity index (χ3n) is 1.97. The molecule has 0 aliphatic heterocycles. The van der Waals surface area contributed by atoms with Crippen LogP contribution < -0.4 is 4.83 Å². The van der Waals surface area contributed by atoms with Gasteiger partial charge in [0.05, 0.1) is 10.6 Å². The molecule has 16 heavy (non-hydrogen) atoms. The van der Waals surface area contributed by atoms with E-state index in [1.807, 2.05) is 6.92 Å². The minimum atomic E-state index is -3.57. The summed E-state index contributed by atoms with van der Waals surface area (Å²) < 4.78 is 23.4. The average molecular weight is 238 g/mol. The van der Waals surface area contributed by atoms with Gasteiger partial charge in [-0.05, 0) is 32.1 Å². The van der Waals surface area contributed by atoms with E-state index in [9.17, 15) is 8.42 Å². The molecule has 1 N–H and O–H groups in total. The Kier molecular flexibility index (Phi) is 3.84. The SMILES string of the molecule is C=C/C(C)=N\NS(=O)(=O)c1ccc(C)cc1. The number of nitrogens with zero attached hydrogens (tertiary/aromatic N) is 1. The zero-order chi connectivity index (χ0) is 12.2. The summed E-state index contributed by atoms with van der Waals surface area (Å²) in [5.41, 5.74) is 1.51. The van der Waals surface area contributed by atoms with E-state index in [1.165, 1.54) is 18.2 Å². The average Bonchev–Trinajstić information content (AvgIpc) is 2.26. The van der Waals surface area contributed by atoms with Gasteiger partial charge < -0.3 is 0 Å². The van der Waals surface area contributed by atoms with Crippen LogP contribution in [0.2, 0.25) is 0 Å². The lowest BCUT2D eigenvalue weighted by atomic mass is 10.2. The predicted molar refractivity (Wildman–Crippen MR) is 64.8 cm³/mol. The molecule has 0 aromatic heterocycles. The summed E-state index contributed by atoms with van der Waals surface area (Å²) in [5.74, 6) is 0. The quantitative estimate of drug-likeness (QED) is 0.642. The Morgan fingerprint density at radius 3 is 2.44 bits per heavy atom. The van der Waals surface area contributed by atoms with E-state index in [4.69, 9.17) is 0 Å². The van der Waals surface area contributed by atoms with Gasteiger partial charge in [0, 0.05) is 0 Å². The first-order valence-electron chi connectivity index (χ1n) is 4.71. The number of hydrogen-bond donors (Lipinski definition) is 1. The number of rotatable bonds is 4. The van der Waals surface area contributed by atoms with Crippen LogP contribution in [0, 0.1) is 6.92 Å². The Bertz CT molecular complexity index is 501. The molecule has 1 rings (SSSR count). The Hall–Kier alpha value is -1.62. The lowest BCUT2D eigenvalue weighted by Gasteiger charge is -2.03. The van der Waals surface area contributed by atoms with Crippen molar-refractivity contribution in [2.75, 3.05) is 0 Å². The lowest BCUT2D eigenvalue weighted by molar-refractivity contribution is 0.584. The number of hydrogen-bond acceptors (Lipinski definition) is 3. The largest absolute Gasteiger partial charge is 0.276 e. The van der Waals surface area contributed by atoms with Gasteiger partial charge in [-0.15, -0.1) is 0 Å². The van der Waals surface area contributed by atoms with Gasteiger partial charge >= 0.3 is 0 Å². The number of aryl methyl sites for hydroxylation is 1. The maximum Gasteiger partial charge on any atom is 0.276 e. The van der Waals surface area contributed by atoms with Gasteiger partial charge in [-0.2, -0.15) is 18.4 Å². The van der Waals surface area contributed by atoms with Crippen LogP contribution >= 0.6 is 0 Å². The Morgan fingerprint density at radius 2 is 1.94 bits per heavy atom. The van der Waals surface area contributed by atoms with Crippen LogP contribution in [0.1, 0.15) is 12.5 Å². The molecule has 0 fully saturated rings. The molecule has 0 radical (unpaired) electrons. The minimum absolute atomic E-state index is 0.193. The molecule has 0 spiro atoms. The third-order valence-corrected chi connectivity index (χ3v) is 3.19. The first-order chi connectivity index (χ1) is 7.45. The van der Waals surface area contributed by atoms with E-state index < -0.39 is 10.0 Å². The summed E-state index contributed by atoms with van der Waals surface area (Å²) in [7, 11) is -3.57. The van der Waals surface area contributed by atoms with Crippen LogP contribution in [0.5, 0.6) is 0 Å². The highest BCUT2D eigenvalue weighted by atomic mass is 32.2. The van der Waals surface area contributed by atoms with Crippen molar-refractivity contribution >= 4 is 15.7 Å². The van der Waals surface area contributed by atoms with Crippen LogP contribution in [0.3, 0.4) is 0 Å². The normalized spacial score (nSPS) is 12.2. The fourth-order valence-corrected chi connectivity index (χ4v) is 1.81. The molecule has 0 amide bonds. The van der Waals surface area contributed by atoms with Gasteiger partial charge in [-0.1, -0.05) is 24.3 Å². The van der Waals surface area contributed by atoms with Crippen molar-refractivity contribution in [3.63, 3.8) is 0 Å². The highest BCUT2D eigenvalue weighted by Crippen LogP contribution is 2.09. The molecule has 4 nitrogen and oxygen atoms in total. The van der Waals surface area contributed by atoms with Gasteiger partial charge in [0.2, 0.25) is 0 Å². The zero-order valence-electron chi connectivity index (χ0n) is 9.27. The van der Waals surface area contributed by atoms with Gasteiger partial charge in [0.25, 0.3) is 10.0 Å². The molecule has 1 aromatic rings. The molecule has 1 aromatic carbocycles. The Labute approximate surface area is 95.7 Å². The van der Waals surface area contributed by atoms with Gasteiger partial charge in [-0.3, -0.25) is 0 Å². The standard InChI is InChI=1S/C11H14N2O2S/c1-4-10(3)12-13-16(14,15)11-7-5-9(2)6-8-11/h4-8,13H,1H2,2-3H3/b12-10-. The fraction of sp³-hybridized carbons (Fsp3) is 0.182. The highest BCUT2D eigenvalue weighted by Gasteiger charge is 2.11. The monoisotopic (exact) mass is 238 g/mol. The molecule has 0 aliphatic carbocycles. The summed E-state index contributed by atoms with van der Waals surface area (Å²) >= 11 is 0. The molecule has 0 heterocycles. The second kappa shape index (κ2) is 4.94. The van der Waals surface area contributed by atoms with Crippen molar-refractivity contribution in [3.8, 4) is 0 Å². The first-order valence-corrected chi connectivity index (χ1v) is 6.19. The van der Waals surface area contributed by atoms with Crippen molar-refractivity contribution in [1.82, 2.24) is 4.83 Å². The van der Waals surface area contributed by atoms with Crippen LogP contribution in [0.15, 0.2) is 46.9 Å². The molecular weight excluding hydrogens is 224 g/mol. The molecule has 0 saturated heterocycles. The molecular formula is C11H14N2O2S. The highest BCUT2D eigenvalue weighted by molar-refractivity contribution is 7.89. The number of allylic oxidation sites excluding steroid dienone is 1. The van der Waals surface area contributed by atoms with Gasteiger partial charge in [0.1, 0.15) is 0 Å². The van der Waals surface area contributed by atoms with Crippen molar-refractivity contribution in [2.45, 2.75) is 18.7 Å². The lowest BCUT2D eigenvalue weighted by Crippen LogP contribution is -2.19. The van der Waals surface area contributed by atoms with E-state index in [-0.39, 0.29) is 4.90 Å². The molecule has 0 bridgehead atoms. The van der Waals surface area contributed by atoms with Gasteiger partial charge in [-0.25, -0.2) is 0 Å². The summed E-state index contributed by atoms with van der Waals surface area (Å²) in [6.45, 7) is 7.03. The van der Waals surface area contributed by atoms with Crippen LogP contribution in [0.25, 0.3) is 0 Å². The molecule has 86 valence electrons. The number of benzene rings is 1. The van der Waals surface area contributed by atoms with E-state index in [2.05, 4.69) is 16.5 Å². The molecule has 5 heteroatoms. The van der Waals surface area contributed by atoms with E-state index in [0.29, 0.717) is 5.71 Å². The first kappa shape index (κ1) is 12.4. The van der Waals surface area contributed by atoms with Crippen molar-refractivity contribution < 1.29 is 8.42 Å². The number of hydrazone groups is 1. The van der Waals surface area contributed by atoms with Crippen molar-refractivity contribution in [3.05, 3.63) is 42.5 Å². The van der Waals surface area contributed by atoms with Gasteiger partial charge in [0.15, 0.2) is 0 Å². The summed E-state index contributed by atoms with van der Waals surface area (Å²) in [6, 6.07) is 6.55. The summed E-state index contributed by atoms with van der Waals surface area (Å²) in [5, 5.41) is 3.67. The van der Waals surface area contributed by atoms with Crippen LogP contribution in [-0.4, -0.2) is 14.1 Å². The van der Waals surface area contributed by atoms with E-state index in [1.54, 1.807) is 19.1 Å². The maximum atomic E-state index is 11.7. The minimum Gasteiger partial charge on any atom is -0.200 e. The number of nitrogens with one attached hydrogen (secondary N) is 1. The van der Waals surface area contributed by atoms with Crippen molar-refractivity contribution in [2.24, 2.45) is 5.10 Å². The summed E-state index contributed by atoms with van der Waals surface area (Å²) in [4.78, 5) is 2.33. The molecule has 0 saturated carbocycles.